The van der Waals surface area contributed by atoms with E-state index in [0.717, 1.165) is 9.35 Å². The number of hydrogen-bond donors (Lipinski definition) is 1. The minimum Gasteiger partial charge on any atom is -0.376 e. The van der Waals surface area contributed by atoms with Gasteiger partial charge < -0.3 is 5.32 Å². The Balaban J connectivity index is 2.17. The summed E-state index contributed by atoms with van der Waals surface area (Å²) in [4.78, 5) is 11.3. The zero-order valence-corrected chi connectivity index (χ0v) is 13.1. The van der Waals surface area contributed by atoms with Crippen molar-refractivity contribution in [2.24, 2.45) is 0 Å². The molecule has 0 saturated carbocycles. The van der Waals surface area contributed by atoms with Crippen LogP contribution in [0.15, 0.2) is 34.1 Å². The first-order chi connectivity index (χ1) is 8.97. The average Bonchev–Trinajstić information content (AvgIpc) is 2.78. The summed E-state index contributed by atoms with van der Waals surface area (Å²) in [6.45, 7) is 2.01. The third kappa shape index (κ3) is 3.46. The number of hydrogen-bond acceptors (Lipinski definition) is 4. The summed E-state index contributed by atoms with van der Waals surface area (Å²) in [5, 5.41) is 16.2. The van der Waals surface area contributed by atoms with Gasteiger partial charge in [0.2, 0.25) is 0 Å². The molecule has 2 aromatic rings. The maximum Gasteiger partial charge on any atom is 0.271 e. The molecule has 0 bridgehead atoms. The van der Waals surface area contributed by atoms with Crippen molar-refractivity contribution in [3.8, 4) is 0 Å². The lowest BCUT2D eigenvalue weighted by Gasteiger charge is -2.14. The van der Waals surface area contributed by atoms with Crippen LogP contribution in [0.4, 0.5) is 11.4 Å². The van der Waals surface area contributed by atoms with Crippen LogP contribution < -0.4 is 5.32 Å². The Morgan fingerprint density at radius 1 is 1.47 bits per heavy atom. The van der Waals surface area contributed by atoms with Crippen LogP contribution in [-0.4, -0.2) is 4.92 Å². The van der Waals surface area contributed by atoms with E-state index in [1.54, 1.807) is 17.4 Å². The lowest BCUT2D eigenvalue weighted by Crippen LogP contribution is -2.05. The van der Waals surface area contributed by atoms with Gasteiger partial charge in [0.05, 0.1) is 21.7 Å². The molecular formula is C12H10BrClN2O2S. The van der Waals surface area contributed by atoms with Gasteiger partial charge in [-0.15, -0.1) is 11.3 Å². The fourth-order valence-electron chi connectivity index (χ4n) is 1.59. The molecule has 19 heavy (non-hydrogen) atoms. The van der Waals surface area contributed by atoms with E-state index in [4.69, 9.17) is 11.6 Å². The Bertz CT molecular complexity index is 618. The lowest BCUT2D eigenvalue weighted by molar-refractivity contribution is -0.384. The number of rotatable bonds is 4. The molecule has 0 amide bonds. The SMILES string of the molecule is CC(Nc1ccc([N+](=O)[O-])cc1Cl)c1cc(Br)cs1. The lowest BCUT2D eigenvalue weighted by atomic mass is 10.2. The Morgan fingerprint density at radius 3 is 2.74 bits per heavy atom. The molecule has 1 N–H and O–H groups in total. The van der Waals surface area contributed by atoms with Crippen LogP contribution in [0.2, 0.25) is 5.02 Å². The molecule has 0 saturated heterocycles. The quantitative estimate of drug-likeness (QED) is 0.598. The highest BCUT2D eigenvalue weighted by Crippen LogP contribution is 2.32. The normalized spacial score (nSPS) is 12.2. The molecule has 4 nitrogen and oxygen atoms in total. The minimum absolute atomic E-state index is 0.0120. The Morgan fingerprint density at radius 2 is 2.21 bits per heavy atom. The first kappa shape index (κ1) is 14.3. The Hall–Kier alpha value is -1.11. The molecule has 1 aromatic carbocycles. The standard InChI is InChI=1S/C12H10BrClN2O2S/c1-7(12-4-8(13)6-19-12)15-11-3-2-9(16(17)18)5-10(11)14/h2-7,15H,1H3. The number of non-ortho nitro benzene ring substituents is 1. The number of nitro benzene ring substituents is 1. The van der Waals surface area contributed by atoms with E-state index < -0.39 is 4.92 Å². The first-order valence-electron chi connectivity index (χ1n) is 5.42. The number of halogens is 2. The second-order valence-corrected chi connectivity index (χ2v) is 6.22. The van der Waals surface area contributed by atoms with Gasteiger partial charge >= 0.3 is 0 Å². The maximum absolute atomic E-state index is 10.6. The number of anilines is 1. The fraction of sp³-hybridized carbons (Fsp3) is 0.167. The number of benzene rings is 1. The number of thiophene rings is 1. The van der Waals surface area contributed by atoms with Gasteiger partial charge in [-0.05, 0) is 35.0 Å². The summed E-state index contributed by atoms with van der Waals surface area (Å²) in [5.41, 5.74) is 0.673. The monoisotopic (exact) mass is 360 g/mol. The van der Waals surface area contributed by atoms with Gasteiger partial charge in [0.1, 0.15) is 0 Å². The molecule has 1 aromatic heterocycles. The topological polar surface area (TPSA) is 55.2 Å². The molecule has 0 fully saturated rings. The van der Waals surface area contributed by atoms with E-state index in [-0.39, 0.29) is 11.7 Å². The molecule has 0 aliphatic rings. The first-order valence-corrected chi connectivity index (χ1v) is 7.47. The van der Waals surface area contributed by atoms with Gasteiger partial charge in [-0.3, -0.25) is 10.1 Å². The van der Waals surface area contributed by atoms with E-state index in [2.05, 4.69) is 21.2 Å². The van der Waals surface area contributed by atoms with Crippen molar-refractivity contribution in [1.82, 2.24) is 0 Å². The van der Waals surface area contributed by atoms with Gasteiger partial charge in [0, 0.05) is 26.9 Å². The van der Waals surface area contributed by atoms with Crippen molar-refractivity contribution >= 4 is 50.2 Å². The zero-order chi connectivity index (χ0) is 14.0. The van der Waals surface area contributed by atoms with Crippen molar-refractivity contribution in [3.05, 3.63) is 54.1 Å². The Kier molecular flexibility index (Phi) is 4.44. The van der Waals surface area contributed by atoms with Gasteiger partial charge in [-0.25, -0.2) is 0 Å². The smallest absolute Gasteiger partial charge is 0.271 e. The van der Waals surface area contributed by atoms with Crippen molar-refractivity contribution in [2.75, 3.05) is 5.32 Å². The third-order valence-corrected chi connectivity index (χ3v) is 4.74. The Labute approximate surface area is 127 Å². The van der Waals surface area contributed by atoms with Crippen molar-refractivity contribution in [2.45, 2.75) is 13.0 Å². The molecule has 7 heteroatoms. The summed E-state index contributed by atoms with van der Waals surface area (Å²) < 4.78 is 1.04. The van der Waals surface area contributed by atoms with Crippen molar-refractivity contribution in [3.63, 3.8) is 0 Å². The highest BCUT2D eigenvalue weighted by Gasteiger charge is 2.13. The second kappa shape index (κ2) is 5.90. The molecule has 1 heterocycles. The maximum atomic E-state index is 10.6. The van der Waals surface area contributed by atoms with Crippen molar-refractivity contribution in [1.29, 1.82) is 0 Å². The van der Waals surface area contributed by atoms with E-state index in [0.29, 0.717) is 10.7 Å². The average molecular weight is 362 g/mol. The molecule has 0 radical (unpaired) electrons. The molecular weight excluding hydrogens is 352 g/mol. The van der Waals surface area contributed by atoms with Crippen molar-refractivity contribution < 1.29 is 4.92 Å². The fourth-order valence-corrected chi connectivity index (χ4v) is 3.28. The number of nitro groups is 1. The van der Waals surface area contributed by atoms with E-state index in [9.17, 15) is 10.1 Å². The van der Waals surface area contributed by atoms with Crippen LogP contribution in [0.1, 0.15) is 17.8 Å². The summed E-state index contributed by atoms with van der Waals surface area (Å²) in [6, 6.07) is 6.52. The zero-order valence-electron chi connectivity index (χ0n) is 9.89. The van der Waals surface area contributed by atoms with Crippen LogP contribution in [0.5, 0.6) is 0 Å². The van der Waals surface area contributed by atoms with E-state index in [1.807, 2.05) is 18.4 Å². The molecule has 0 spiro atoms. The van der Waals surface area contributed by atoms with Crippen LogP contribution in [0.3, 0.4) is 0 Å². The van der Waals surface area contributed by atoms with Gasteiger partial charge in [-0.1, -0.05) is 11.6 Å². The van der Waals surface area contributed by atoms with Gasteiger partial charge in [-0.2, -0.15) is 0 Å². The van der Waals surface area contributed by atoms with Crippen LogP contribution in [0.25, 0.3) is 0 Å². The number of nitrogens with zero attached hydrogens (tertiary/aromatic N) is 1. The second-order valence-electron chi connectivity index (χ2n) is 3.95. The summed E-state index contributed by atoms with van der Waals surface area (Å²) in [7, 11) is 0. The molecule has 1 atom stereocenters. The van der Waals surface area contributed by atoms with Crippen LogP contribution in [-0.2, 0) is 0 Å². The summed E-state index contributed by atoms with van der Waals surface area (Å²) in [5.74, 6) is 0. The molecule has 1 unspecified atom stereocenters. The molecule has 100 valence electrons. The molecule has 0 aliphatic carbocycles. The minimum atomic E-state index is -0.463. The predicted molar refractivity (Wildman–Crippen MR) is 82.2 cm³/mol. The largest absolute Gasteiger partial charge is 0.376 e. The predicted octanol–water partition coefficient (Wildman–Crippen LogP) is 5.25. The van der Waals surface area contributed by atoms with E-state index >= 15 is 0 Å². The highest BCUT2D eigenvalue weighted by atomic mass is 79.9. The van der Waals surface area contributed by atoms with Crippen LogP contribution >= 0.6 is 38.9 Å². The highest BCUT2D eigenvalue weighted by molar-refractivity contribution is 9.10. The van der Waals surface area contributed by atoms with Gasteiger partial charge in [0.15, 0.2) is 0 Å². The molecule has 2 rings (SSSR count). The van der Waals surface area contributed by atoms with Gasteiger partial charge in [0.25, 0.3) is 5.69 Å². The van der Waals surface area contributed by atoms with Crippen LogP contribution in [0, 0.1) is 10.1 Å². The number of nitrogens with one attached hydrogen (secondary N) is 1. The summed E-state index contributed by atoms with van der Waals surface area (Å²) >= 11 is 11.1. The van der Waals surface area contributed by atoms with E-state index in [1.165, 1.54) is 12.1 Å². The molecule has 0 aliphatic heterocycles. The third-order valence-electron chi connectivity index (χ3n) is 2.55. The summed E-state index contributed by atoms with van der Waals surface area (Å²) in [6.07, 6.45) is 0.